The maximum atomic E-state index is 13.0. The predicted molar refractivity (Wildman–Crippen MR) is 112 cm³/mol. The van der Waals surface area contributed by atoms with Gasteiger partial charge >= 0.3 is 11.7 Å². The fraction of sp³-hybridized carbons (Fsp3) is 0.158. The van der Waals surface area contributed by atoms with Crippen molar-refractivity contribution < 1.29 is 17.9 Å². The number of para-hydroxylation sites is 2. The van der Waals surface area contributed by atoms with Crippen LogP contribution < -0.4 is 10.4 Å². The molecule has 0 unspecified atom stereocenters. The largest absolute Gasteiger partial charge is 0.462 e. The SMILES string of the molecule is CCOC(=O)c1ccc(S(=O)(=O)Nc2ccccc2-n2c(C)c[nH]c2=O)c(Br)c1. The molecular formula is C19H18BrN3O5S. The maximum Gasteiger partial charge on any atom is 0.338 e. The van der Waals surface area contributed by atoms with Crippen molar-refractivity contribution in [3.8, 4) is 5.69 Å². The average Bonchev–Trinajstić information content (AvgIpc) is 3.00. The molecule has 0 saturated heterocycles. The molecule has 10 heteroatoms. The van der Waals surface area contributed by atoms with Crippen LogP contribution in [0.2, 0.25) is 0 Å². The number of halogens is 1. The van der Waals surface area contributed by atoms with Gasteiger partial charge in [-0.05, 0) is 60.1 Å². The number of H-pyrrole nitrogens is 1. The second-order valence-corrected chi connectivity index (χ2v) is 8.56. The van der Waals surface area contributed by atoms with Crippen LogP contribution in [-0.4, -0.2) is 30.5 Å². The Bertz CT molecular complexity index is 1230. The lowest BCUT2D eigenvalue weighted by atomic mass is 10.2. The highest BCUT2D eigenvalue weighted by Gasteiger charge is 2.22. The molecule has 1 aromatic heterocycles. The number of sulfonamides is 1. The van der Waals surface area contributed by atoms with Gasteiger partial charge in [0, 0.05) is 16.4 Å². The first kappa shape index (κ1) is 20.9. The van der Waals surface area contributed by atoms with E-state index < -0.39 is 16.0 Å². The van der Waals surface area contributed by atoms with Crippen molar-refractivity contribution in [3.63, 3.8) is 0 Å². The number of aryl methyl sites for hydroxylation is 1. The molecular weight excluding hydrogens is 462 g/mol. The number of rotatable bonds is 6. The Morgan fingerprint density at radius 3 is 2.59 bits per heavy atom. The number of aromatic nitrogens is 2. The molecule has 0 aliphatic heterocycles. The fourth-order valence-electron chi connectivity index (χ4n) is 2.77. The summed E-state index contributed by atoms with van der Waals surface area (Å²) in [5.41, 5.74) is 1.10. The van der Waals surface area contributed by atoms with Crippen LogP contribution in [0.3, 0.4) is 0 Å². The number of ether oxygens (including phenoxy) is 1. The molecule has 3 aromatic rings. The van der Waals surface area contributed by atoms with Gasteiger partial charge < -0.3 is 9.72 Å². The van der Waals surface area contributed by atoms with Crippen LogP contribution in [0.15, 0.2) is 62.8 Å². The quantitative estimate of drug-likeness (QED) is 0.527. The van der Waals surface area contributed by atoms with E-state index in [1.807, 2.05) is 0 Å². The molecule has 0 fully saturated rings. The summed E-state index contributed by atoms with van der Waals surface area (Å²) in [6.45, 7) is 3.63. The van der Waals surface area contributed by atoms with Gasteiger partial charge in [0.05, 0.1) is 23.5 Å². The third-order valence-corrected chi connectivity index (χ3v) is 6.42. The number of nitrogens with one attached hydrogen (secondary N) is 2. The summed E-state index contributed by atoms with van der Waals surface area (Å²) in [5.74, 6) is -0.544. The minimum Gasteiger partial charge on any atom is -0.462 e. The van der Waals surface area contributed by atoms with Gasteiger partial charge in [0.15, 0.2) is 0 Å². The number of hydrogen-bond acceptors (Lipinski definition) is 5. The van der Waals surface area contributed by atoms with Gasteiger partial charge in [-0.1, -0.05) is 12.1 Å². The summed E-state index contributed by atoms with van der Waals surface area (Å²) in [6.07, 6.45) is 1.54. The number of nitrogens with zero attached hydrogens (tertiary/aromatic N) is 1. The number of carbonyl (C=O) groups excluding carboxylic acids is 1. The average molecular weight is 480 g/mol. The number of carbonyl (C=O) groups is 1. The van der Waals surface area contributed by atoms with Crippen LogP contribution in [-0.2, 0) is 14.8 Å². The molecule has 0 atom stereocenters. The van der Waals surface area contributed by atoms with Gasteiger partial charge in [0.2, 0.25) is 0 Å². The minimum atomic E-state index is -4.01. The summed E-state index contributed by atoms with van der Waals surface area (Å²) in [5, 5.41) is 0. The Balaban J connectivity index is 2.00. The molecule has 0 radical (unpaired) electrons. The summed E-state index contributed by atoms with van der Waals surface area (Å²) in [4.78, 5) is 26.5. The number of hydrogen-bond donors (Lipinski definition) is 2. The zero-order valence-electron chi connectivity index (χ0n) is 15.6. The molecule has 8 nitrogen and oxygen atoms in total. The molecule has 1 heterocycles. The van der Waals surface area contributed by atoms with Crippen molar-refractivity contribution in [1.29, 1.82) is 0 Å². The van der Waals surface area contributed by atoms with Crippen molar-refractivity contribution in [2.75, 3.05) is 11.3 Å². The third-order valence-electron chi connectivity index (χ3n) is 4.08. The van der Waals surface area contributed by atoms with Gasteiger partial charge in [-0.2, -0.15) is 0 Å². The molecule has 2 N–H and O–H groups in total. The Hall–Kier alpha value is -2.85. The van der Waals surface area contributed by atoms with Crippen LogP contribution in [0.25, 0.3) is 5.69 Å². The number of anilines is 1. The molecule has 0 aliphatic rings. The van der Waals surface area contributed by atoms with E-state index in [0.717, 1.165) is 0 Å². The maximum absolute atomic E-state index is 13.0. The van der Waals surface area contributed by atoms with Crippen molar-refractivity contribution >= 4 is 37.6 Å². The topological polar surface area (TPSA) is 110 Å². The molecule has 0 saturated carbocycles. The van der Waals surface area contributed by atoms with Crippen LogP contribution >= 0.6 is 15.9 Å². The van der Waals surface area contributed by atoms with Crippen LogP contribution in [0.5, 0.6) is 0 Å². The van der Waals surface area contributed by atoms with Gasteiger partial charge in [-0.3, -0.25) is 9.29 Å². The van der Waals surface area contributed by atoms with E-state index in [-0.39, 0.29) is 32.9 Å². The van der Waals surface area contributed by atoms with E-state index in [1.54, 1.807) is 38.1 Å². The van der Waals surface area contributed by atoms with E-state index in [4.69, 9.17) is 4.74 Å². The van der Waals surface area contributed by atoms with Crippen molar-refractivity contribution in [3.05, 3.63) is 74.9 Å². The summed E-state index contributed by atoms with van der Waals surface area (Å²) in [7, 11) is -4.01. The highest BCUT2D eigenvalue weighted by Crippen LogP contribution is 2.28. The molecule has 29 heavy (non-hydrogen) atoms. The lowest BCUT2D eigenvalue weighted by Gasteiger charge is -2.15. The monoisotopic (exact) mass is 479 g/mol. The first-order chi connectivity index (χ1) is 13.7. The van der Waals surface area contributed by atoms with Gasteiger partial charge in [-0.15, -0.1) is 0 Å². The number of aromatic amines is 1. The zero-order chi connectivity index (χ0) is 21.2. The summed E-state index contributed by atoms with van der Waals surface area (Å²) < 4.78 is 35.0. The van der Waals surface area contributed by atoms with E-state index >= 15 is 0 Å². The molecule has 2 aromatic carbocycles. The molecule has 152 valence electrons. The zero-order valence-corrected chi connectivity index (χ0v) is 18.0. The predicted octanol–water partition coefficient (Wildman–Crippen LogP) is 3.21. The minimum absolute atomic E-state index is 0.0570. The van der Waals surface area contributed by atoms with Crippen LogP contribution in [0, 0.1) is 6.92 Å². The van der Waals surface area contributed by atoms with Crippen molar-refractivity contribution in [2.24, 2.45) is 0 Å². The van der Waals surface area contributed by atoms with Crippen LogP contribution in [0.1, 0.15) is 23.0 Å². The fourth-order valence-corrected chi connectivity index (χ4v) is 4.92. The second kappa shape index (κ2) is 8.26. The third kappa shape index (κ3) is 4.28. The lowest BCUT2D eigenvalue weighted by Crippen LogP contribution is -2.20. The lowest BCUT2D eigenvalue weighted by molar-refractivity contribution is 0.0526. The Labute approximate surface area is 175 Å². The summed E-state index contributed by atoms with van der Waals surface area (Å²) in [6, 6.07) is 10.6. The van der Waals surface area contributed by atoms with Crippen LogP contribution in [0.4, 0.5) is 5.69 Å². The van der Waals surface area contributed by atoms with Crippen molar-refractivity contribution in [2.45, 2.75) is 18.7 Å². The van der Waals surface area contributed by atoms with Crippen molar-refractivity contribution in [1.82, 2.24) is 9.55 Å². The smallest absolute Gasteiger partial charge is 0.338 e. The van der Waals surface area contributed by atoms with E-state index in [9.17, 15) is 18.0 Å². The molecule has 0 amide bonds. The molecule has 0 spiro atoms. The number of benzene rings is 2. The second-order valence-electron chi connectivity index (χ2n) is 6.06. The Morgan fingerprint density at radius 1 is 1.24 bits per heavy atom. The standard InChI is InChI=1S/C19H18BrN3O5S/c1-3-28-18(24)13-8-9-17(14(20)10-13)29(26,27)22-15-6-4-5-7-16(15)23-12(2)11-21-19(23)25/h4-11,22H,3H2,1-2H3,(H,21,25). The molecule has 3 rings (SSSR count). The van der Waals surface area contributed by atoms with E-state index in [2.05, 4.69) is 25.6 Å². The van der Waals surface area contributed by atoms with Gasteiger partial charge in [0.25, 0.3) is 10.0 Å². The Kier molecular flexibility index (Phi) is 5.94. The summed E-state index contributed by atoms with van der Waals surface area (Å²) >= 11 is 3.21. The highest BCUT2D eigenvalue weighted by molar-refractivity contribution is 9.10. The van der Waals surface area contributed by atoms with Gasteiger partial charge in [-0.25, -0.2) is 18.0 Å². The Morgan fingerprint density at radius 2 is 1.97 bits per heavy atom. The normalized spacial score (nSPS) is 11.3. The number of imidazole rings is 1. The first-order valence-corrected chi connectivity index (χ1v) is 10.9. The van der Waals surface area contributed by atoms with E-state index in [1.165, 1.54) is 29.0 Å². The number of esters is 1. The highest BCUT2D eigenvalue weighted by atomic mass is 79.9. The van der Waals surface area contributed by atoms with Gasteiger partial charge in [0.1, 0.15) is 4.90 Å². The molecule has 0 bridgehead atoms. The van der Waals surface area contributed by atoms with E-state index in [0.29, 0.717) is 11.4 Å². The first-order valence-electron chi connectivity index (χ1n) is 8.60. The molecule has 0 aliphatic carbocycles.